The molecule has 4 rings (SSSR count). The van der Waals surface area contributed by atoms with Gasteiger partial charge in [0.15, 0.2) is 0 Å². The molecule has 26 heavy (non-hydrogen) atoms. The number of hydrogen-bond donors (Lipinski definition) is 2. The van der Waals surface area contributed by atoms with E-state index in [1.54, 1.807) is 0 Å². The van der Waals surface area contributed by atoms with E-state index in [0.29, 0.717) is 25.6 Å². The van der Waals surface area contributed by atoms with E-state index >= 15 is 0 Å². The number of benzene rings is 1. The molecule has 6 nitrogen and oxygen atoms in total. The number of aliphatic hydroxyl groups excluding tert-OH is 1. The number of nitrogens with one attached hydrogen (secondary N) is 1. The molecule has 1 aromatic carbocycles. The summed E-state index contributed by atoms with van der Waals surface area (Å²) in [5, 5.41) is 11.8. The molecule has 144 valence electrons. The Balaban J connectivity index is 1.85. The largest absolute Gasteiger partial charge is 0.494 e. The zero-order valence-corrected chi connectivity index (χ0v) is 16.1. The quantitative estimate of drug-likeness (QED) is 0.845. The van der Waals surface area contributed by atoms with E-state index < -0.39 is 0 Å². The van der Waals surface area contributed by atoms with Crippen molar-refractivity contribution in [2.75, 3.05) is 44.3 Å². The number of amides is 2. The minimum atomic E-state index is -0.0725. The van der Waals surface area contributed by atoms with Crippen LogP contribution in [0.3, 0.4) is 0 Å². The minimum Gasteiger partial charge on any atom is -0.494 e. The van der Waals surface area contributed by atoms with Crippen molar-refractivity contribution in [1.29, 1.82) is 0 Å². The first-order valence-electron chi connectivity index (χ1n) is 9.57. The summed E-state index contributed by atoms with van der Waals surface area (Å²) in [6.07, 6.45) is 1.11. The Bertz CT molecular complexity index is 634. The molecule has 6 heteroatoms. The maximum atomic E-state index is 12.5. The molecule has 0 aliphatic carbocycles. The Kier molecular flexibility index (Phi) is 5.61. The molecule has 0 unspecified atom stereocenters. The number of carbonyl (C=O) groups is 1. The molecule has 0 saturated carbocycles. The van der Waals surface area contributed by atoms with Crippen LogP contribution in [-0.2, 0) is 0 Å². The predicted octanol–water partition coefficient (Wildman–Crippen LogP) is 2.32. The van der Waals surface area contributed by atoms with Gasteiger partial charge in [0.05, 0.1) is 19.3 Å². The SMILES string of the molecule is CCOc1cccc(N2C[C@H]3CN(C(=O)NCCO)C[C@@H]2C(C)(C)C3)c1. The average Bonchev–Trinajstić information content (AvgIpc) is 2.87. The highest BCUT2D eigenvalue weighted by atomic mass is 16.5. The Morgan fingerprint density at radius 1 is 1.35 bits per heavy atom. The fourth-order valence-electron chi connectivity index (χ4n) is 4.48. The van der Waals surface area contributed by atoms with Gasteiger partial charge in [0.2, 0.25) is 0 Å². The van der Waals surface area contributed by atoms with Crippen molar-refractivity contribution >= 4 is 11.7 Å². The van der Waals surface area contributed by atoms with Gasteiger partial charge in [0, 0.05) is 37.9 Å². The van der Waals surface area contributed by atoms with Crippen LogP contribution in [0.25, 0.3) is 0 Å². The van der Waals surface area contributed by atoms with Crippen molar-refractivity contribution in [3.05, 3.63) is 24.3 Å². The summed E-state index contributed by atoms with van der Waals surface area (Å²) >= 11 is 0. The lowest BCUT2D eigenvalue weighted by molar-refractivity contribution is 0.185. The molecule has 3 saturated heterocycles. The minimum absolute atomic E-state index is 0.0335. The van der Waals surface area contributed by atoms with Gasteiger partial charge in [0.1, 0.15) is 5.75 Å². The van der Waals surface area contributed by atoms with Gasteiger partial charge >= 0.3 is 6.03 Å². The second-order valence-electron chi connectivity index (χ2n) is 8.02. The van der Waals surface area contributed by atoms with Gasteiger partial charge in [-0.05, 0) is 36.8 Å². The maximum absolute atomic E-state index is 12.5. The highest BCUT2D eigenvalue weighted by Gasteiger charge is 2.46. The highest BCUT2D eigenvalue weighted by molar-refractivity contribution is 5.74. The van der Waals surface area contributed by atoms with Crippen molar-refractivity contribution in [2.45, 2.75) is 33.2 Å². The topological polar surface area (TPSA) is 65.0 Å². The van der Waals surface area contributed by atoms with Crippen molar-refractivity contribution in [3.63, 3.8) is 0 Å². The summed E-state index contributed by atoms with van der Waals surface area (Å²) in [7, 11) is 0. The molecule has 3 fully saturated rings. The van der Waals surface area contributed by atoms with Gasteiger partial charge in [0.25, 0.3) is 0 Å². The van der Waals surface area contributed by atoms with Gasteiger partial charge in [-0.3, -0.25) is 0 Å². The van der Waals surface area contributed by atoms with Gasteiger partial charge in [-0.2, -0.15) is 0 Å². The number of piperidine rings is 1. The second-order valence-corrected chi connectivity index (χ2v) is 8.02. The van der Waals surface area contributed by atoms with Crippen LogP contribution < -0.4 is 15.0 Å². The van der Waals surface area contributed by atoms with Gasteiger partial charge < -0.3 is 25.0 Å². The van der Waals surface area contributed by atoms with Crippen LogP contribution in [0.2, 0.25) is 0 Å². The molecule has 3 heterocycles. The first-order chi connectivity index (χ1) is 12.4. The fourth-order valence-corrected chi connectivity index (χ4v) is 4.48. The smallest absolute Gasteiger partial charge is 0.317 e. The third kappa shape index (κ3) is 3.90. The average molecular weight is 361 g/mol. The first-order valence-corrected chi connectivity index (χ1v) is 9.57. The second kappa shape index (κ2) is 7.74. The molecule has 2 N–H and O–H groups in total. The van der Waals surface area contributed by atoms with Crippen molar-refractivity contribution in [2.24, 2.45) is 11.3 Å². The first kappa shape index (κ1) is 18.8. The van der Waals surface area contributed by atoms with Crippen LogP contribution in [0, 0.1) is 11.3 Å². The molecule has 1 aromatic rings. The molecule has 3 aliphatic heterocycles. The lowest BCUT2D eigenvalue weighted by atomic mass is 9.73. The lowest BCUT2D eigenvalue weighted by Gasteiger charge is -2.48. The molecular weight excluding hydrogens is 330 g/mol. The number of urea groups is 1. The molecular formula is C20H31N3O3. The van der Waals surface area contributed by atoms with Crippen LogP contribution in [0.1, 0.15) is 27.2 Å². The van der Waals surface area contributed by atoms with E-state index in [0.717, 1.165) is 30.9 Å². The summed E-state index contributed by atoms with van der Waals surface area (Å²) in [5.41, 5.74) is 1.28. The Morgan fingerprint density at radius 2 is 2.15 bits per heavy atom. The number of ether oxygens (including phenoxy) is 1. The molecule has 0 spiro atoms. The monoisotopic (exact) mass is 361 g/mol. The van der Waals surface area contributed by atoms with Crippen molar-refractivity contribution < 1.29 is 14.6 Å². The molecule has 0 aromatic heterocycles. The van der Waals surface area contributed by atoms with Crippen LogP contribution >= 0.6 is 0 Å². The summed E-state index contributed by atoms with van der Waals surface area (Å²) in [6.45, 7) is 9.93. The number of carbonyl (C=O) groups excluding carboxylic acids is 1. The van der Waals surface area contributed by atoms with Gasteiger partial charge in [-0.15, -0.1) is 0 Å². The van der Waals surface area contributed by atoms with Crippen LogP contribution in [0.5, 0.6) is 5.75 Å². The fraction of sp³-hybridized carbons (Fsp3) is 0.650. The molecule has 0 radical (unpaired) electrons. The summed E-state index contributed by atoms with van der Waals surface area (Å²) < 4.78 is 5.68. The maximum Gasteiger partial charge on any atom is 0.317 e. The van der Waals surface area contributed by atoms with Gasteiger partial charge in [-0.25, -0.2) is 4.79 Å². The standard InChI is InChI=1S/C20H31N3O3/c1-4-26-17-7-5-6-16(10-17)23-13-15-11-20(2,3)18(23)14-22(12-15)19(25)21-8-9-24/h5-7,10,15,18,24H,4,8-9,11-14H2,1-3H3,(H,21,25)/t15-,18-/m1/s1. The number of nitrogens with zero attached hydrogens (tertiary/aromatic N) is 2. The number of fused-ring (bicyclic) bond motifs is 4. The summed E-state index contributed by atoms with van der Waals surface area (Å²) in [6, 6.07) is 8.45. The van der Waals surface area contributed by atoms with Crippen molar-refractivity contribution in [1.82, 2.24) is 10.2 Å². The number of rotatable bonds is 5. The highest BCUT2D eigenvalue weighted by Crippen LogP contribution is 2.43. The van der Waals surface area contributed by atoms with E-state index in [-0.39, 0.29) is 24.1 Å². The molecule has 2 atom stereocenters. The van der Waals surface area contributed by atoms with Gasteiger partial charge in [-0.1, -0.05) is 19.9 Å². The van der Waals surface area contributed by atoms with Crippen LogP contribution in [-0.4, -0.2) is 61.5 Å². The third-order valence-electron chi connectivity index (χ3n) is 5.56. The normalized spacial score (nSPS) is 24.3. The molecule has 3 aliphatic rings. The summed E-state index contributed by atoms with van der Waals surface area (Å²) in [4.78, 5) is 16.9. The number of anilines is 1. The van der Waals surface area contributed by atoms with E-state index in [9.17, 15) is 4.79 Å². The Hall–Kier alpha value is -1.95. The van der Waals surface area contributed by atoms with Crippen LogP contribution in [0.15, 0.2) is 24.3 Å². The Morgan fingerprint density at radius 3 is 2.88 bits per heavy atom. The molecule has 2 bridgehead atoms. The van der Waals surface area contributed by atoms with E-state index in [1.807, 2.05) is 24.0 Å². The van der Waals surface area contributed by atoms with E-state index in [2.05, 4.69) is 36.2 Å². The number of aliphatic hydroxyl groups is 1. The summed E-state index contributed by atoms with van der Waals surface area (Å²) in [5.74, 6) is 1.32. The molecule has 2 amide bonds. The lowest BCUT2D eigenvalue weighted by Crippen LogP contribution is -2.54. The zero-order valence-electron chi connectivity index (χ0n) is 16.1. The van der Waals surface area contributed by atoms with E-state index in [1.165, 1.54) is 0 Å². The van der Waals surface area contributed by atoms with E-state index in [4.69, 9.17) is 9.84 Å². The number of hydrogen-bond acceptors (Lipinski definition) is 4. The predicted molar refractivity (Wildman–Crippen MR) is 103 cm³/mol. The zero-order chi connectivity index (χ0) is 18.7. The third-order valence-corrected chi connectivity index (χ3v) is 5.56. The van der Waals surface area contributed by atoms with Crippen LogP contribution in [0.4, 0.5) is 10.5 Å². The van der Waals surface area contributed by atoms with Crippen molar-refractivity contribution in [3.8, 4) is 5.75 Å². The Labute approximate surface area is 156 Å².